The first-order valence-electron chi connectivity index (χ1n) is 13.4. The molecule has 0 spiro atoms. The molecule has 0 aliphatic rings. The van der Waals surface area contributed by atoms with Gasteiger partial charge in [-0.3, -0.25) is 10.1 Å². The summed E-state index contributed by atoms with van der Waals surface area (Å²) in [5.74, 6) is -1.25. The number of alkyl halides is 2. The third-order valence-corrected chi connectivity index (χ3v) is 6.41. The van der Waals surface area contributed by atoms with Crippen LogP contribution in [-0.2, 0) is 30.4 Å². The highest BCUT2D eigenvalue weighted by molar-refractivity contribution is 9.09. The van der Waals surface area contributed by atoms with Crippen molar-refractivity contribution < 1.29 is 33.4 Å². The van der Waals surface area contributed by atoms with Crippen LogP contribution in [0.15, 0.2) is 73.8 Å². The van der Waals surface area contributed by atoms with E-state index in [1.165, 1.54) is 12.2 Å². The normalized spacial score (nSPS) is 10.9. The summed E-state index contributed by atoms with van der Waals surface area (Å²) in [5.41, 5.74) is 2.65. The second kappa shape index (κ2) is 20.1. The van der Waals surface area contributed by atoms with E-state index in [1.807, 2.05) is 24.3 Å². The molecule has 3 amide bonds. The van der Waals surface area contributed by atoms with Crippen molar-refractivity contribution in [3.8, 4) is 0 Å². The van der Waals surface area contributed by atoms with E-state index in [4.69, 9.17) is 14.2 Å². The molecule has 0 saturated heterocycles. The van der Waals surface area contributed by atoms with Gasteiger partial charge >= 0.3 is 24.1 Å². The second-order valence-corrected chi connectivity index (χ2v) is 10.4. The van der Waals surface area contributed by atoms with Crippen molar-refractivity contribution in [2.75, 3.05) is 52.5 Å². The summed E-state index contributed by atoms with van der Waals surface area (Å²) in [4.78, 5) is 51.5. The number of anilines is 3. The second-order valence-electron chi connectivity index (χ2n) is 8.86. The van der Waals surface area contributed by atoms with Crippen LogP contribution in [0.2, 0.25) is 0 Å². The molecule has 0 fully saturated rings. The maximum Gasteiger partial charge on any atom is 0.412 e. The Balaban J connectivity index is 1.91. The van der Waals surface area contributed by atoms with Crippen LogP contribution < -0.4 is 20.9 Å². The molecule has 0 bridgehead atoms. The molecule has 0 unspecified atom stereocenters. The molecule has 11 nitrogen and oxygen atoms in total. The average molecular weight is 724 g/mol. The molecule has 0 heterocycles. The summed E-state index contributed by atoms with van der Waals surface area (Å²) in [6.45, 7) is 8.51. The van der Waals surface area contributed by atoms with Gasteiger partial charge in [-0.15, -0.1) is 0 Å². The van der Waals surface area contributed by atoms with Gasteiger partial charge in [-0.1, -0.05) is 81.4 Å². The first-order chi connectivity index (χ1) is 20.8. The van der Waals surface area contributed by atoms with Crippen molar-refractivity contribution >= 4 is 73.0 Å². The largest absolute Gasteiger partial charge is 0.461 e. The quantitative estimate of drug-likeness (QED) is 0.0765. The number of rotatable bonds is 18. The highest BCUT2D eigenvalue weighted by Gasteiger charge is 2.23. The van der Waals surface area contributed by atoms with Crippen LogP contribution in [0.4, 0.5) is 26.7 Å². The molecule has 2 aromatic rings. The van der Waals surface area contributed by atoms with E-state index in [2.05, 4.69) is 65.9 Å². The lowest BCUT2D eigenvalue weighted by atomic mass is 10.1. The Morgan fingerprint density at radius 2 is 1.51 bits per heavy atom. The molecule has 2 aromatic carbocycles. The zero-order valence-electron chi connectivity index (χ0n) is 23.7. The van der Waals surface area contributed by atoms with E-state index < -0.39 is 30.1 Å². The van der Waals surface area contributed by atoms with Crippen molar-refractivity contribution in [1.82, 2.24) is 5.32 Å². The third-order valence-electron chi connectivity index (χ3n) is 5.70. The Hall–Kier alpha value is -3.84. The summed E-state index contributed by atoms with van der Waals surface area (Å²) < 4.78 is 15.4. The van der Waals surface area contributed by atoms with Gasteiger partial charge in [-0.25, -0.2) is 14.4 Å². The summed E-state index contributed by atoms with van der Waals surface area (Å²) in [7, 11) is 0. The zero-order chi connectivity index (χ0) is 31.5. The van der Waals surface area contributed by atoms with Gasteiger partial charge in [0.15, 0.2) is 0 Å². The minimum Gasteiger partial charge on any atom is -0.461 e. The number of hydrogen-bond donors (Lipinski definition) is 3. The van der Waals surface area contributed by atoms with E-state index in [9.17, 15) is 19.2 Å². The van der Waals surface area contributed by atoms with Crippen molar-refractivity contribution in [3.05, 3.63) is 79.4 Å². The minimum absolute atomic E-state index is 0.00611. The number of carbonyl (C=O) groups excluding carboxylic acids is 4. The summed E-state index contributed by atoms with van der Waals surface area (Å²) in [6.07, 6.45) is 2.09. The lowest BCUT2D eigenvalue weighted by molar-refractivity contribution is -0.146. The Morgan fingerprint density at radius 1 is 0.860 bits per heavy atom. The predicted molar refractivity (Wildman–Crippen MR) is 174 cm³/mol. The summed E-state index contributed by atoms with van der Waals surface area (Å²) in [5, 5.41) is 9.51. The molecule has 13 heteroatoms. The monoisotopic (exact) mass is 722 g/mol. The van der Waals surface area contributed by atoms with Gasteiger partial charge in [0.2, 0.25) is 0 Å². The van der Waals surface area contributed by atoms with Crippen molar-refractivity contribution in [1.29, 1.82) is 0 Å². The minimum atomic E-state index is -1.08. The topological polar surface area (TPSA) is 135 Å². The highest BCUT2D eigenvalue weighted by Crippen LogP contribution is 2.26. The van der Waals surface area contributed by atoms with E-state index in [0.717, 1.165) is 29.4 Å². The molecular weight excluding hydrogens is 688 g/mol. The first-order valence-corrected chi connectivity index (χ1v) is 15.7. The van der Waals surface area contributed by atoms with E-state index in [1.54, 1.807) is 24.3 Å². The molecule has 0 aromatic heterocycles. The van der Waals surface area contributed by atoms with Gasteiger partial charge in [0, 0.05) is 35.9 Å². The number of carbonyl (C=O) groups is 4. The SMILES string of the molecule is C=CCOC(=O)CC[C@H](NC(=O)Nc1ccc(COC(=O)Nc2ccccc2N(CCBr)CCBr)cc1)C(=O)OCC=C. The van der Waals surface area contributed by atoms with Gasteiger partial charge in [-0.2, -0.15) is 0 Å². The van der Waals surface area contributed by atoms with E-state index >= 15 is 0 Å². The first kappa shape index (κ1) is 35.4. The van der Waals surface area contributed by atoms with Crippen LogP contribution in [0.25, 0.3) is 0 Å². The van der Waals surface area contributed by atoms with Crippen LogP contribution in [-0.4, -0.2) is 67.1 Å². The van der Waals surface area contributed by atoms with Gasteiger partial charge in [0.25, 0.3) is 0 Å². The van der Waals surface area contributed by atoms with E-state index in [-0.39, 0.29) is 32.7 Å². The van der Waals surface area contributed by atoms with Crippen molar-refractivity contribution in [2.24, 2.45) is 0 Å². The number of nitrogens with one attached hydrogen (secondary N) is 3. The molecule has 1 atom stereocenters. The molecular formula is C30H36Br2N4O7. The molecule has 0 aliphatic carbocycles. The number of nitrogens with zero attached hydrogens (tertiary/aromatic N) is 1. The van der Waals surface area contributed by atoms with Crippen molar-refractivity contribution in [3.63, 3.8) is 0 Å². The molecule has 0 radical (unpaired) electrons. The highest BCUT2D eigenvalue weighted by atomic mass is 79.9. The number of esters is 2. The number of ether oxygens (including phenoxy) is 3. The van der Waals surface area contributed by atoms with Gasteiger partial charge in [0.05, 0.1) is 11.4 Å². The van der Waals surface area contributed by atoms with Gasteiger partial charge in [0.1, 0.15) is 25.9 Å². The Morgan fingerprint density at radius 3 is 2.16 bits per heavy atom. The standard InChI is InChI=1S/C30H36Br2N4O7/c1-3-19-41-27(37)14-13-25(28(38)42-20-4-2)34-29(39)33-23-11-9-22(10-12-23)21-43-30(40)35-24-7-5-6-8-26(24)36(17-15-31)18-16-32/h3-12,25H,1-2,13-21H2,(H,35,40)(H2,33,34,39)/t25-/m0/s1. The summed E-state index contributed by atoms with van der Waals surface area (Å²) in [6, 6.07) is 12.4. The maximum atomic E-state index is 12.6. The number of urea groups is 1. The van der Waals surface area contributed by atoms with Crippen LogP contribution in [0.3, 0.4) is 0 Å². The van der Waals surface area contributed by atoms with Crippen molar-refractivity contribution in [2.45, 2.75) is 25.5 Å². The Labute approximate surface area is 268 Å². The van der Waals surface area contributed by atoms with Crippen LogP contribution in [0.1, 0.15) is 18.4 Å². The maximum absolute atomic E-state index is 12.6. The van der Waals surface area contributed by atoms with E-state index in [0.29, 0.717) is 16.9 Å². The number of benzene rings is 2. The number of para-hydroxylation sites is 2. The summed E-state index contributed by atoms with van der Waals surface area (Å²) >= 11 is 6.94. The Bertz CT molecular complexity index is 1220. The molecule has 2 rings (SSSR count). The van der Waals surface area contributed by atoms with Crippen LogP contribution in [0.5, 0.6) is 0 Å². The fraction of sp³-hybridized carbons (Fsp3) is 0.333. The number of hydrogen-bond acceptors (Lipinski definition) is 8. The Kier molecular flexibility index (Phi) is 16.6. The van der Waals surface area contributed by atoms with Gasteiger partial charge in [-0.05, 0) is 36.2 Å². The fourth-order valence-corrected chi connectivity index (χ4v) is 4.55. The molecule has 0 aliphatic heterocycles. The predicted octanol–water partition coefficient (Wildman–Crippen LogP) is 5.76. The van der Waals surface area contributed by atoms with Crippen LogP contribution in [0, 0.1) is 0 Å². The molecule has 3 N–H and O–H groups in total. The number of halogens is 2. The van der Waals surface area contributed by atoms with Gasteiger partial charge < -0.3 is 29.7 Å². The lowest BCUT2D eigenvalue weighted by Gasteiger charge is -2.25. The molecule has 43 heavy (non-hydrogen) atoms. The lowest BCUT2D eigenvalue weighted by Crippen LogP contribution is -2.44. The number of amides is 3. The van der Waals surface area contributed by atoms with Crippen LogP contribution >= 0.6 is 31.9 Å². The average Bonchev–Trinajstić information content (AvgIpc) is 3.00. The zero-order valence-corrected chi connectivity index (χ0v) is 26.9. The smallest absolute Gasteiger partial charge is 0.412 e. The third kappa shape index (κ3) is 13.3. The molecule has 0 saturated carbocycles. The molecule has 232 valence electrons. The fourth-order valence-electron chi connectivity index (χ4n) is 3.69.